The number of rotatable bonds is 4. The molecule has 102 valence electrons. The van der Waals surface area contributed by atoms with E-state index in [-0.39, 0.29) is 6.61 Å². The second-order valence-electron chi connectivity index (χ2n) is 5.16. The molecule has 0 aliphatic heterocycles. The topological polar surface area (TPSA) is 60.2 Å². The lowest BCUT2D eigenvalue weighted by Crippen LogP contribution is -2.42. The zero-order valence-corrected chi connectivity index (χ0v) is 11.3. The molecule has 1 N–H and O–H groups in total. The van der Waals surface area contributed by atoms with Crippen molar-refractivity contribution in [3.8, 4) is 6.07 Å². The van der Waals surface area contributed by atoms with Gasteiger partial charge in [0, 0.05) is 18.0 Å². The van der Waals surface area contributed by atoms with Crippen LogP contribution in [0.1, 0.15) is 24.8 Å². The van der Waals surface area contributed by atoms with Crippen LogP contribution in [0.5, 0.6) is 0 Å². The third-order valence-corrected chi connectivity index (χ3v) is 3.97. The van der Waals surface area contributed by atoms with Crippen LogP contribution in [0.2, 0.25) is 0 Å². The third kappa shape index (κ3) is 2.21. The first kappa shape index (κ1) is 12.9. The number of pyridine rings is 1. The second-order valence-corrected chi connectivity index (χ2v) is 5.16. The van der Waals surface area contributed by atoms with Crippen molar-refractivity contribution in [2.75, 3.05) is 18.1 Å². The predicted octanol–water partition coefficient (Wildman–Crippen LogP) is 2.46. The predicted molar refractivity (Wildman–Crippen MR) is 78.5 cm³/mol. The van der Waals surface area contributed by atoms with Crippen molar-refractivity contribution in [1.29, 1.82) is 5.26 Å². The van der Waals surface area contributed by atoms with Crippen molar-refractivity contribution in [3.05, 3.63) is 35.9 Å². The quantitative estimate of drug-likeness (QED) is 0.924. The molecule has 0 amide bonds. The van der Waals surface area contributed by atoms with E-state index in [9.17, 15) is 10.4 Å². The monoisotopic (exact) mass is 267 g/mol. The van der Waals surface area contributed by atoms with Crippen LogP contribution < -0.4 is 4.90 Å². The second kappa shape index (κ2) is 5.48. The van der Waals surface area contributed by atoms with Crippen LogP contribution >= 0.6 is 0 Å². The number of aromatic nitrogens is 1. The summed E-state index contributed by atoms with van der Waals surface area (Å²) in [5, 5.41) is 19.5. The van der Waals surface area contributed by atoms with E-state index in [0.717, 1.165) is 29.6 Å². The number of para-hydroxylation sites is 1. The van der Waals surface area contributed by atoms with Crippen LogP contribution in [0.4, 0.5) is 5.82 Å². The van der Waals surface area contributed by atoms with Crippen molar-refractivity contribution in [2.45, 2.75) is 25.3 Å². The van der Waals surface area contributed by atoms with Gasteiger partial charge in [0.15, 0.2) is 0 Å². The molecule has 2 aromatic rings. The zero-order valence-electron chi connectivity index (χ0n) is 11.3. The van der Waals surface area contributed by atoms with Crippen LogP contribution in [0, 0.1) is 11.3 Å². The van der Waals surface area contributed by atoms with Gasteiger partial charge in [-0.15, -0.1) is 0 Å². The number of anilines is 1. The number of benzene rings is 1. The minimum absolute atomic E-state index is 0.104. The Morgan fingerprint density at radius 1 is 1.35 bits per heavy atom. The van der Waals surface area contributed by atoms with Crippen molar-refractivity contribution >= 4 is 16.7 Å². The van der Waals surface area contributed by atoms with Crippen molar-refractivity contribution in [3.63, 3.8) is 0 Å². The standard InChI is InChI=1S/C16H17N3O/c17-11-12-10-16(18-15-7-2-1-6-14(12)15)19(8-9-20)13-4-3-5-13/h1-2,6-7,10,13,20H,3-5,8-9H2. The maximum absolute atomic E-state index is 9.34. The molecule has 1 heterocycles. The summed E-state index contributed by atoms with van der Waals surface area (Å²) in [6, 6.07) is 12.2. The Bertz CT molecular complexity index is 658. The third-order valence-electron chi connectivity index (χ3n) is 3.97. The van der Waals surface area contributed by atoms with Gasteiger partial charge < -0.3 is 10.0 Å². The zero-order chi connectivity index (χ0) is 13.9. The Hall–Kier alpha value is -2.12. The highest BCUT2D eigenvalue weighted by molar-refractivity contribution is 5.86. The van der Waals surface area contributed by atoms with E-state index < -0.39 is 0 Å². The molecule has 1 aromatic carbocycles. The van der Waals surface area contributed by atoms with Gasteiger partial charge in [-0.25, -0.2) is 4.98 Å². The molecule has 1 saturated carbocycles. The minimum atomic E-state index is 0.104. The van der Waals surface area contributed by atoms with Crippen molar-refractivity contribution < 1.29 is 5.11 Å². The number of nitriles is 1. The van der Waals surface area contributed by atoms with E-state index in [2.05, 4.69) is 16.0 Å². The van der Waals surface area contributed by atoms with Gasteiger partial charge >= 0.3 is 0 Å². The lowest BCUT2D eigenvalue weighted by Gasteiger charge is -2.38. The van der Waals surface area contributed by atoms with Crippen LogP contribution in [0.3, 0.4) is 0 Å². The number of aliphatic hydroxyl groups is 1. The molecule has 1 aliphatic carbocycles. The fourth-order valence-corrected chi connectivity index (χ4v) is 2.69. The Morgan fingerprint density at radius 2 is 2.15 bits per heavy atom. The molecule has 4 nitrogen and oxygen atoms in total. The molecule has 3 rings (SSSR count). The van der Waals surface area contributed by atoms with E-state index in [0.29, 0.717) is 18.2 Å². The Balaban J connectivity index is 2.07. The highest BCUT2D eigenvalue weighted by atomic mass is 16.3. The molecular weight excluding hydrogens is 250 g/mol. The molecule has 4 heteroatoms. The first-order chi connectivity index (χ1) is 9.83. The van der Waals surface area contributed by atoms with E-state index in [1.54, 1.807) is 0 Å². The fourth-order valence-electron chi connectivity index (χ4n) is 2.69. The minimum Gasteiger partial charge on any atom is -0.395 e. The van der Waals surface area contributed by atoms with E-state index in [1.165, 1.54) is 6.42 Å². The van der Waals surface area contributed by atoms with E-state index in [1.807, 2.05) is 30.3 Å². The highest BCUT2D eigenvalue weighted by Gasteiger charge is 2.26. The maximum atomic E-state index is 9.34. The molecule has 0 saturated heterocycles. The Morgan fingerprint density at radius 3 is 2.80 bits per heavy atom. The molecule has 1 fully saturated rings. The van der Waals surface area contributed by atoms with Crippen LogP contribution in [-0.2, 0) is 0 Å². The lowest BCUT2D eigenvalue weighted by atomic mass is 9.91. The molecule has 0 bridgehead atoms. The average molecular weight is 267 g/mol. The SMILES string of the molecule is N#Cc1cc(N(CCO)C2CCC2)nc2ccccc12. The fraction of sp³-hybridized carbons (Fsp3) is 0.375. The van der Waals surface area contributed by atoms with Gasteiger partial charge in [0.1, 0.15) is 5.82 Å². The van der Waals surface area contributed by atoms with Gasteiger partial charge in [-0.05, 0) is 31.4 Å². The largest absolute Gasteiger partial charge is 0.395 e. The van der Waals surface area contributed by atoms with E-state index in [4.69, 9.17) is 0 Å². The normalized spacial score (nSPS) is 14.8. The number of hydrogen-bond acceptors (Lipinski definition) is 4. The molecule has 1 aliphatic rings. The molecule has 1 aromatic heterocycles. The Labute approximate surface area is 118 Å². The number of aliphatic hydroxyl groups excluding tert-OH is 1. The smallest absolute Gasteiger partial charge is 0.130 e. The molecule has 0 spiro atoms. The summed E-state index contributed by atoms with van der Waals surface area (Å²) in [5.74, 6) is 0.805. The number of hydrogen-bond donors (Lipinski definition) is 1. The summed E-state index contributed by atoms with van der Waals surface area (Å²) in [7, 11) is 0. The molecule has 20 heavy (non-hydrogen) atoms. The van der Waals surface area contributed by atoms with Gasteiger partial charge in [-0.3, -0.25) is 0 Å². The lowest BCUT2D eigenvalue weighted by molar-refractivity contribution is 0.283. The van der Waals surface area contributed by atoms with Gasteiger partial charge in [0.05, 0.1) is 23.8 Å². The van der Waals surface area contributed by atoms with Gasteiger partial charge in [-0.2, -0.15) is 5.26 Å². The average Bonchev–Trinajstić information content (AvgIpc) is 2.43. The summed E-state index contributed by atoms with van der Waals surface area (Å²) in [4.78, 5) is 6.81. The highest BCUT2D eigenvalue weighted by Crippen LogP contribution is 2.30. The van der Waals surface area contributed by atoms with Gasteiger partial charge in [0.2, 0.25) is 0 Å². The summed E-state index contributed by atoms with van der Waals surface area (Å²) in [6.07, 6.45) is 3.50. The number of nitrogens with zero attached hydrogens (tertiary/aromatic N) is 3. The summed E-state index contributed by atoms with van der Waals surface area (Å²) in [5.41, 5.74) is 1.48. The van der Waals surface area contributed by atoms with Crippen molar-refractivity contribution in [1.82, 2.24) is 4.98 Å². The molecule has 0 unspecified atom stereocenters. The number of fused-ring (bicyclic) bond motifs is 1. The molecule has 0 atom stereocenters. The first-order valence-electron chi connectivity index (χ1n) is 7.01. The van der Waals surface area contributed by atoms with Crippen LogP contribution in [0.25, 0.3) is 10.9 Å². The van der Waals surface area contributed by atoms with Crippen LogP contribution in [-0.4, -0.2) is 29.3 Å². The van der Waals surface area contributed by atoms with E-state index >= 15 is 0 Å². The van der Waals surface area contributed by atoms with Gasteiger partial charge in [-0.1, -0.05) is 18.2 Å². The molecule has 0 radical (unpaired) electrons. The summed E-state index contributed by atoms with van der Waals surface area (Å²) < 4.78 is 0. The maximum Gasteiger partial charge on any atom is 0.130 e. The summed E-state index contributed by atoms with van der Waals surface area (Å²) in [6.45, 7) is 0.674. The van der Waals surface area contributed by atoms with Crippen molar-refractivity contribution in [2.24, 2.45) is 0 Å². The molecular formula is C16H17N3O. The first-order valence-corrected chi connectivity index (χ1v) is 7.01. The van der Waals surface area contributed by atoms with Gasteiger partial charge in [0.25, 0.3) is 0 Å². The summed E-state index contributed by atoms with van der Waals surface area (Å²) >= 11 is 0. The Kier molecular flexibility index (Phi) is 3.53. The van der Waals surface area contributed by atoms with Crippen LogP contribution in [0.15, 0.2) is 30.3 Å².